The van der Waals surface area contributed by atoms with Gasteiger partial charge in [0.25, 0.3) is 0 Å². The molecule has 1 heterocycles. The molecule has 0 aliphatic rings. The maximum atomic E-state index is 12.0. The second kappa shape index (κ2) is 8.66. The van der Waals surface area contributed by atoms with Gasteiger partial charge >= 0.3 is 0 Å². The number of aromatic nitrogens is 3. The Morgan fingerprint density at radius 3 is 2.61 bits per heavy atom. The number of nitrogens with one attached hydrogen (secondary N) is 2. The molecule has 0 bridgehead atoms. The highest BCUT2D eigenvalue weighted by atomic mass is 32.2. The van der Waals surface area contributed by atoms with Gasteiger partial charge in [0.2, 0.25) is 16.0 Å². The molecule has 146 valence electrons. The van der Waals surface area contributed by atoms with Gasteiger partial charge in [0.1, 0.15) is 12.1 Å². The minimum atomic E-state index is -3.36. The fraction of sp³-hybridized carbons (Fsp3) is 0.211. The van der Waals surface area contributed by atoms with Gasteiger partial charge in [0, 0.05) is 5.69 Å². The van der Waals surface area contributed by atoms with E-state index in [9.17, 15) is 8.42 Å². The number of nitrogens with zero attached hydrogens (tertiary/aromatic N) is 3. The van der Waals surface area contributed by atoms with Gasteiger partial charge in [-0.2, -0.15) is 4.98 Å². The van der Waals surface area contributed by atoms with Gasteiger partial charge in [-0.05, 0) is 36.8 Å². The second-order valence-electron chi connectivity index (χ2n) is 5.96. The van der Waals surface area contributed by atoms with Crippen molar-refractivity contribution in [3.8, 4) is 17.1 Å². The summed E-state index contributed by atoms with van der Waals surface area (Å²) in [4.78, 5) is 12.8. The van der Waals surface area contributed by atoms with E-state index >= 15 is 0 Å². The molecule has 0 aliphatic carbocycles. The Labute approximate surface area is 164 Å². The molecule has 1 aromatic heterocycles. The topological polar surface area (TPSA) is 106 Å². The van der Waals surface area contributed by atoms with Crippen LogP contribution in [0.1, 0.15) is 13.3 Å². The molecule has 9 heteroatoms. The van der Waals surface area contributed by atoms with E-state index in [0.29, 0.717) is 35.3 Å². The lowest BCUT2D eigenvalue weighted by Crippen LogP contribution is -2.16. The van der Waals surface area contributed by atoms with Crippen LogP contribution < -0.4 is 14.8 Å². The van der Waals surface area contributed by atoms with Gasteiger partial charge in [-0.3, -0.25) is 4.72 Å². The summed E-state index contributed by atoms with van der Waals surface area (Å²) in [6.07, 6.45) is 1.95. The van der Waals surface area contributed by atoms with Crippen LogP contribution in [0.5, 0.6) is 5.75 Å². The molecule has 0 atom stereocenters. The Hall–Kier alpha value is -3.20. The smallest absolute Gasteiger partial charge is 0.232 e. The van der Waals surface area contributed by atoms with Crippen LogP contribution in [0, 0.1) is 0 Å². The number of para-hydroxylation sites is 1. The summed E-state index contributed by atoms with van der Waals surface area (Å²) in [5.74, 6) is 1.53. The van der Waals surface area contributed by atoms with Crippen LogP contribution in [0.2, 0.25) is 0 Å². The normalized spacial score (nSPS) is 11.1. The molecule has 0 spiro atoms. The standard InChI is InChI=1S/C19H21N5O3S/c1-3-11-28(25,26)24-15-8-6-7-14(12-15)22-19-21-13-20-18(23-19)16-9-4-5-10-17(16)27-2/h4-10,12-13,24H,3,11H2,1-2H3,(H,20,21,22,23). The lowest BCUT2D eigenvalue weighted by atomic mass is 10.2. The zero-order valence-corrected chi connectivity index (χ0v) is 16.4. The van der Waals surface area contributed by atoms with E-state index in [1.165, 1.54) is 6.33 Å². The van der Waals surface area contributed by atoms with E-state index in [-0.39, 0.29) is 5.75 Å². The van der Waals surface area contributed by atoms with Crippen LogP contribution in [0.3, 0.4) is 0 Å². The molecule has 2 N–H and O–H groups in total. The Morgan fingerprint density at radius 1 is 1.04 bits per heavy atom. The number of rotatable bonds is 8. The van der Waals surface area contributed by atoms with Crippen molar-refractivity contribution in [2.45, 2.75) is 13.3 Å². The van der Waals surface area contributed by atoms with Crippen molar-refractivity contribution in [3.63, 3.8) is 0 Å². The Bertz CT molecular complexity index is 1060. The lowest BCUT2D eigenvalue weighted by Gasteiger charge is -2.11. The molecule has 0 amide bonds. The number of methoxy groups -OCH3 is 1. The summed E-state index contributed by atoms with van der Waals surface area (Å²) < 4.78 is 31.8. The molecule has 2 aromatic carbocycles. The van der Waals surface area contributed by atoms with E-state index in [2.05, 4.69) is 25.0 Å². The van der Waals surface area contributed by atoms with Crippen molar-refractivity contribution in [2.75, 3.05) is 22.9 Å². The second-order valence-corrected chi connectivity index (χ2v) is 7.80. The van der Waals surface area contributed by atoms with Gasteiger partial charge in [-0.25, -0.2) is 18.4 Å². The molecule has 0 fully saturated rings. The quantitative estimate of drug-likeness (QED) is 0.597. The summed E-state index contributed by atoms with van der Waals surface area (Å²) >= 11 is 0. The van der Waals surface area contributed by atoms with E-state index in [1.807, 2.05) is 31.2 Å². The molecule has 0 saturated carbocycles. The van der Waals surface area contributed by atoms with Gasteiger partial charge in [0.05, 0.1) is 24.1 Å². The average molecular weight is 399 g/mol. The molecule has 0 aliphatic heterocycles. The van der Waals surface area contributed by atoms with Crippen LogP contribution in [0.15, 0.2) is 54.9 Å². The van der Waals surface area contributed by atoms with Crippen LogP contribution in [0.4, 0.5) is 17.3 Å². The highest BCUT2D eigenvalue weighted by Crippen LogP contribution is 2.27. The summed E-state index contributed by atoms with van der Waals surface area (Å²) in [5, 5.41) is 3.07. The Morgan fingerprint density at radius 2 is 1.82 bits per heavy atom. The summed E-state index contributed by atoms with van der Waals surface area (Å²) in [7, 11) is -1.77. The molecule has 0 saturated heterocycles. The third kappa shape index (κ3) is 4.95. The number of benzene rings is 2. The van der Waals surface area contributed by atoms with Crippen molar-refractivity contribution in [1.29, 1.82) is 0 Å². The highest BCUT2D eigenvalue weighted by molar-refractivity contribution is 7.92. The van der Waals surface area contributed by atoms with Crippen molar-refractivity contribution in [1.82, 2.24) is 15.0 Å². The Balaban J connectivity index is 1.82. The third-order valence-electron chi connectivity index (χ3n) is 3.78. The van der Waals surface area contributed by atoms with Crippen molar-refractivity contribution >= 4 is 27.3 Å². The summed E-state index contributed by atoms with van der Waals surface area (Å²) in [6.45, 7) is 1.82. The predicted octanol–water partition coefficient (Wildman–Crippen LogP) is 3.44. The summed E-state index contributed by atoms with van der Waals surface area (Å²) in [6, 6.07) is 14.3. The summed E-state index contributed by atoms with van der Waals surface area (Å²) in [5.41, 5.74) is 1.86. The molecule has 28 heavy (non-hydrogen) atoms. The third-order valence-corrected chi connectivity index (χ3v) is 5.28. The SMILES string of the molecule is CCCS(=O)(=O)Nc1cccc(Nc2ncnc(-c3ccccc3OC)n2)c1. The maximum absolute atomic E-state index is 12.0. The number of hydrogen-bond donors (Lipinski definition) is 2. The minimum Gasteiger partial charge on any atom is -0.496 e. The Kier molecular flexibility index (Phi) is 6.05. The number of ether oxygens (including phenoxy) is 1. The van der Waals surface area contributed by atoms with Crippen molar-refractivity contribution < 1.29 is 13.2 Å². The van der Waals surface area contributed by atoms with E-state index in [4.69, 9.17) is 4.74 Å². The van der Waals surface area contributed by atoms with Gasteiger partial charge in [0.15, 0.2) is 5.82 Å². The number of anilines is 3. The average Bonchev–Trinajstić information content (AvgIpc) is 2.68. The number of hydrogen-bond acceptors (Lipinski definition) is 7. The molecule has 3 aromatic rings. The van der Waals surface area contributed by atoms with Gasteiger partial charge < -0.3 is 10.1 Å². The first-order chi connectivity index (χ1) is 13.5. The molecule has 3 rings (SSSR count). The number of sulfonamides is 1. The van der Waals surface area contributed by atoms with E-state index in [0.717, 1.165) is 5.56 Å². The maximum Gasteiger partial charge on any atom is 0.232 e. The highest BCUT2D eigenvalue weighted by Gasteiger charge is 2.11. The van der Waals surface area contributed by atoms with Crippen molar-refractivity contribution in [2.24, 2.45) is 0 Å². The molecule has 8 nitrogen and oxygen atoms in total. The lowest BCUT2D eigenvalue weighted by molar-refractivity contribution is 0.416. The first kappa shape index (κ1) is 19.6. The first-order valence-electron chi connectivity index (χ1n) is 8.71. The molecular formula is C19H21N5O3S. The fourth-order valence-corrected chi connectivity index (χ4v) is 3.73. The predicted molar refractivity (Wildman–Crippen MR) is 109 cm³/mol. The van der Waals surface area contributed by atoms with Gasteiger partial charge in [-0.1, -0.05) is 25.1 Å². The fourth-order valence-electron chi connectivity index (χ4n) is 2.60. The minimum absolute atomic E-state index is 0.0698. The van der Waals surface area contributed by atoms with Gasteiger partial charge in [-0.15, -0.1) is 0 Å². The first-order valence-corrected chi connectivity index (χ1v) is 10.4. The van der Waals surface area contributed by atoms with Crippen LogP contribution in [-0.4, -0.2) is 36.2 Å². The van der Waals surface area contributed by atoms with Crippen LogP contribution >= 0.6 is 0 Å². The van der Waals surface area contributed by atoms with E-state index < -0.39 is 10.0 Å². The zero-order chi connectivity index (χ0) is 20.0. The molecular weight excluding hydrogens is 378 g/mol. The van der Waals surface area contributed by atoms with Crippen molar-refractivity contribution in [3.05, 3.63) is 54.9 Å². The van der Waals surface area contributed by atoms with Crippen LogP contribution in [0.25, 0.3) is 11.4 Å². The van der Waals surface area contributed by atoms with Crippen LogP contribution in [-0.2, 0) is 10.0 Å². The molecule has 0 radical (unpaired) electrons. The largest absolute Gasteiger partial charge is 0.496 e. The molecule has 0 unspecified atom stereocenters. The monoisotopic (exact) mass is 399 g/mol. The zero-order valence-electron chi connectivity index (χ0n) is 15.6. The van der Waals surface area contributed by atoms with E-state index in [1.54, 1.807) is 31.4 Å².